The first-order valence-electron chi connectivity index (χ1n) is 3.86. The summed E-state index contributed by atoms with van der Waals surface area (Å²) in [6.45, 7) is 0. The van der Waals surface area contributed by atoms with Crippen LogP contribution in [-0.2, 0) is 0 Å². The van der Waals surface area contributed by atoms with Crippen LogP contribution in [-0.4, -0.2) is 19.8 Å². The molecule has 0 spiro atoms. The van der Waals surface area contributed by atoms with Crippen molar-refractivity contribution in [3.8, 4) is 0 Å². The molecule has 0 unspecified atom stereocenters. The predicted octanol–water partition coefficient (Wildman–Crippen LogP) is 0.984. The second kappa shape index (κ2) is 3.01. The zero-order valence-electron chi connectivity index (χ0n) is 7.23. The molecule has 0 aliphatic heterocycles. The van der Waals surface area contributed by atoms with Crippen molar-refractivity contribution < 1.29 is 9.96 Å². The van der Waals surface area contributed by atoms with Gasteiger partial charge in [0.15, 0.2) is 6.20 Å². The molecule has 1 heterocycles. The zero-order valence-corrected chi connectivity index (χ0v) is 7.23. The Morgan fingerprint density at radius 2 is 2.00 bits per heavy atom. The molecule has 0 bridgehead atoms. The predicted molar refractivity (Wildman–Crippen MR) is 48.8 cm³/mol. The van der Waals surface area contributed by atoms with Crippen LogP contribution in [0, 0.1) is 20.2 Å². The van der Waals surface area contributed by atoms with Crippen molar-refractivity contribution in [2.24, 2.45) is 0 Å². The maximum absolute atomic E-state index is 10.5. The highest BCUT2D eigenvalue weighted by molar-refractivity contribution is 5.80. The number of benzene rings is 1. The molecule has 76 valence electrons. The third-order valence-corrected chi connectivity index (χ3v) is 1.90. The van der Waals surface area contributed by atoms with Gasteiger partial charge >= 0.3 is 0 Å². The van der Waals surface area contributed by atoms with Crippen molar-refractivity contribution in [2.45, 2.75) is 0 Å². The number of rotatable bonds is 2. The van der Waals surface area contributed by atoms with Gasteiger partial charge in [0.1, 0.15) is 5.52 Å². The number of aromatic nitrogens is 2. The van der Waals surface area contributed by atoms with Crippen LogP contribution in [0.1, 0.15) is 0 Å². The van der Waals surface area contributed by atoms with Crippen molar-refractivity contribution in [3.63, 3.8) is 0 Å². The first-order valence-corrected chi connectivity index (χ1v) is 3.86. The van der Waals surface area contributed by atoms with E-state index >= 15 is 0 Å². The Balaban J connectivity index is 2.66. The van der Waals surface area contributed by atoms with Crippen LogP contribution >= 0.6 is 0 Å². The van der Waals surface area contributed by atoms with Crippen molar-refractivity contribution in [3.05, 3.63) is 44.6 Å². The second-order valence-corrected chi connectivity index (χ2v) is 2.77. The van der Waals surface area contributed by atoms with Gasteiger partial charge in [0.2, 0.25) is 0 Å². The fourth-order valence-electron chi connectivity index (χ4n) is 1.25. The van der Waals surface area contributed by atoms with Crippen molar-refractivity contribution in [2.75, 3.05) is 0 Å². The summed E-state index contributed by atoms with van der Waals surface area (Å²) >= 11 is 0. The van der Waals surface area contributed by atoms with Crippen molar-refractivity contribution in [1.29, 1.82) is 0 Å². The molecule has 8 nitrogen and oxygen atoms in total. The third kappa shape index (κ3) is 1.37. The molecular weight excluding hydrogens is 204 g/mol. The maximum atomic E-state index is 10.5. The Labute approximate surface area is 82.0 Å². The van der Waals surface area contributed by atoms with Gasteiger partial charge in [-0.2, -0.15) is 0 Å². The van der Waals surface area contributed by atoms with E-state index in [1.807, 2.05) is 0 Å². The molecule has 0 fully saturated rings. The van der Waals surface area contributed by atoms with Crippen LogP contribution in [0.2, 0.25) is 0 Å². The van der Waals surface area contributed by atoms with E-state index < -0.39 is 9.96 Å². The first-order chi connectivity index (χ1) is 7.09. The van der Waals surface area contributed by atoms with Gasteiger partial charge in [-0.3, -0.25) is 10.1 Å². The summed E-state index contributed by atoms with van der Waals surface area (Å²) in [5.41, 5.74) is 0.107. The van der Waals surface area contributed by atoms with E-state index in [2.05, 4.69) is 5.10 Å². The van der Waals surface area contributed by atoms with Gasteiger partial charge < -0.3 is 10.1 Å². The lowest BCUT2D eigenvalue weighted by Gasteiger charge is -1.93. The number of non-ortho nitro benzene ring substituents is 1. The minimum atomic E-state index is -0.700. The molecule has 8 heteroatoms. The third-order valence-electron chi connectivity index (χ3n) is 1.90. The summed E-state index contributed by atoms with van der Waals surface area (Å²) in [7, 11) is 0. The molecule has 0 aliphatic carbocycles. The Morgan fingerprint density at radius 3 is 2.60 bits per heavy atom. The number of nitrogens with zero attached hydrogens (tertiary/aromatic N) is 4. The zero-order chi connectivity index (χ0) is 11.0. The lowest BCUT2D eigenvalue weighted by atomic mass is 10.2. The fourth-order valence-corrected chi connectivity index (χ4v) is 1.25. The summed E-state index contributed by atoms with van der Waals surface area (Å²) in [5, 5.41) is 24.0. The van der Waals surface area contributed by atoms with Crippen LogP contribution in [0.3, 0.4) is 0 Å². The molecule has 0 saturated carbocycles. The number of fused-ring (bicyclic) bond motifs is 1. The van der Waals surface area contributed by atoms with Gasteiger partial charge in [-0.15, -0.1) is 0 Å². The largest absolute Gasteiger partial charge is 0.339 e. The summed E-state index contributed by atoms with van der Waals surface area (Å²) < 4.78 is 0. The van der Waals surface area contributed by atoms with E-state index in [-0.39, 0.29) is 11.2 Å². The molecule has 0 amide bonds. The fraction of sp³-hybridized carbons (Fsp3) is 0. The molecule has 2 rings (SSSR count). The number of hydrogen-bond acceptors (Lipinski definition) is 5. The highest BCUT2D eigenvalue weighted by atomic mass is 16.7. The van der Waals surface area contributed by atoms with Gasteiger partial charge in [0.25, 0.3) is 5.69 Å². The van der Waals surface area contributed by atoms with E-state index in [1.54, 1.807) is 0 Å². The monoisotopic (exact) mass is 208 g/mol. The van der Waals surface area contributed by atoms with Crippen LogP contribution in [0.15, 0.2) is 24.4 Å². The molecule has 0 saturated heterocycles. The first kappa shape index (κ1) is 9.06. The number of nitro groups is 2. The van der Waals surface area contributed by atoms with Crippen LogP contribution in [0.25, 0.3) is 10.9 Å². The van der Waals surface area contributed by atoms with E-state index in [1.165, 1.54) is 24.4 Å². The van der Waals surface area contributed by atoms with Crippen LogP contribution in [0.4, 0.5) is 5.69 Å². The molecule has 0 atom stereocenters. The molecular formula is C7H4N4O4. The average Bonchev–Trinajstić information content (AvgIpc) is 2.59. The van der Waals surface area contributed by atoms with Gasteiger partial charge in [-0.25, -0.2) is 0 Å². The topological polar surface area (TPSA) is 104 Å². The quantitative estimate of drug-likeness (QED) is 0.540. The van der Waals surface area contributed by atoms with Crippen LogP contribution in [0.5, 0.6) is 0 Å². The maximum Gasteiger partial charge on any atom is 0.270 e. The van der Waals surface area contributed by atoms with E-state index in [4.69, 9.17) is 0 Å². The number of nitro benzene ring substituents is 1. The Hall–Kier alpha value is -2.51. The normalized spacial score (nSPS) is 10.4. The highest BCUT2D eigenvalue weighted by Crippen LogP contribution is 2.20. The van der Waals surface area contributed by atoms with Gasteiger partial charge in [0, 0.05) is 22.0 Å². The lowest BCUT2D eigenvalue weighted by molar-refractivity contribution is -0.548. The minimum Gasteiger partial charge on any atom is -0.339 e. The molecule has 0 aliphatic rings. The van der Waals surface area contributed by atoms with Gasteiger partial charge in [-0.05, 0) is 6.07 Å². The summed E-state index contributed by atoms with van der Waals surface area (Å²) in [6.07, 6.45) is 1.21. The van der Waals surface area contributed by atoms with E-state index in [0.29, 0.717) is 10.2 Å². The summed E-state index contributed by atoms with van der Waals surface area (Å²) in [6, 6.07) is 3.73. The Bertz CT molecular complexity index is 561. The number of hydrogen-bond donors (Lipinski definition) is 0. The molecule has 2 aromatic rings. The Kier molecular flexibility index (Phi) is 1.82. The average molecular weight is 208 g/mol. The van der Waals surface area contributed by atoms with Crippen molar-refractivity contribution >= 4 is 16.6 Å². The van der Waals surface area contributed by atoms with Crippen LogP contribution < -0.4 is 0 Å². The molecule has 0 N–H and O–H groups in total. The minimum absolute atomic E-state index is 0.120. The smallest absolute Gasteiger partial charge is 0.270 e. The standard InChI is InChI=1S/C7H4N4O4/c12-10(13)6-1-2-7-5(3-6)4-8-9(7)11(14)15/h1-4H. The molecule has 0 radical (unpaired) electrons. The highest BCUT2D eigenvalue weighted by Gasteiger charge is 2.14. The lowest BCUT2D eigenvalue weighted by Crippen LogP contribution is -2.09. The molecule has 1 aromatic carbocycles. The van der Waals surface area contributed by atoms with E-state index in [9.17, 15) is 20.2 Å². The summed E-state index contributed by atoms with van der Waals surface area (Å²) in [4.78, 5) is 20.9. The second-order valence-electron chi connectivity index (χ2n) is 2.77. The SMILES string of the molecule is O=[N+]([O-])c1ccc2c(cnn2[N+](=O)[O-])c1. The Morgan fingerprint density at radius 1 is 1.27 bits per heavy atom. The van der Waals surface area contributed by atoms with Crippen molar-refractivity contribution in [1.82, 2.24) is 9.89 Å². The van der Waals surface area contributed by atoms with E-state index in [0.717, 1.165) is 0 Å². The molecule has 1 aromatic heterocycles. The summed E-state index contributed by atoms with van der Waals surface area (Å²) in [5.74, 6) is 0. The van der Waals surface area contributed by atoms with Gasteiger partial charge in [-0.1, -0.05) is 0 Å². The molecule has 15 heavy (non-hydrogen) atoms. The van der Waals surface area contributed by atoms with Gasteiger partial charge in [0.05, 0.1) is 15.3 Å².